The fourth-order valence-electron chi connectivity index (χ4n) is 5.19. The van der Waals surface area contributed by atoms with Gasteiger partial charge in [0.25, 0.3) is 0 Å². The van der Waals surface area contributed by atoms with Gasteiger partial charge in [-0.15, -0.1) is 0 Å². The highest BCUT2D eigenvalue weighted by Gasteiger charge is 2.30. The van der Waals surface area contributed by atoms with Gasteiger partial charge in [-0.3, -0.25) is 9.69 Å². The number of carbonyl (C=O) groups is 1. The van der Waals surface area contributed by atoms with Crippen LogP contribution in [0.15, 0.2) is 54.7 Å². The predicted molar refractivity (Wildman–Crippen MR) is 145 cm³/mol. The first-order valence-electron chi connectivity index (χ1n) is 12.8. The van der Waals surface area contributed by atoms with Crippen molar-refractivity contribution in [2.45, 2.75) is 32.2 Å². The lowest BCUT2D eigenvalue weighted by Gasteiger charge is -2.39. The molecule has 0 spiro atoms. The molecule has 2 aliphatic rings. The molecule has 0 radical (unpaired) electrons. The van der Waals surface area contributed by atoms with E-state index >= 15 is 0 Å². The Morgan fingerprint density at radius 2 is 1.86 bits per heavy atom. The van der Waals surface area contributed by atoms with Gasteiger partial charge in [0.2, 0.25) is 0 Å². The molecule has 1 unspecified atom stereocenters. The number of fused-ring (bicyclic) bond motifs is 1. The molecule has 9 heteroatoms. The van der Waals surface area contributed by atoms with E-state index in [9.17, 15) is 4.79 Å². The van der Waals surface area contributed by atoms with E-state index in [0.717, 1.165) is 74.1 Å². The van der Waals surface area contributed by atoms with Gasteiger partial charge in [-0.1, -0.05) is 23.7 Å². The normalized spacial score (nSPS) is 18.3. The zero-order valence-electron chi connectivity index (χ0n) is 20.9. The molecule has 2 aliphatic heterocycles. The number of aliphatic carboxylic acids is 1. The van der Waals surface area contributed by atoms with Gasteiger partial charge < -0.3 is 20.1 Å². The molecule has 1 fully saturated rings. The lowest BCUT2D eigenvalue weighted by Crippen LogP contribution is -2.43. The average Bonchev–Trinajstić information content (AvgIpc) is 2.86. The second-order valence-corrected chi connectivity index (χ2v) is 10.3. The van der Waals surface area contributed by atoms with Crippen LogP contribution in [0.2, 0.25) is 5.02 Å². The molecule has 0 bridgehead atoms. The number of aromatic nitrogens is 2. The molecule has 37 heavy (non-hydrogen) atoms. The number of hydrogen-bond donors (Lipinski definition) is 2. The maximum absolute atomic E-state index is 11.0. The zero-order valence-corrected chi connectivity index (χ0v) is 21.7. The van der Waals surface area contributed by atoms with Crippen molar-refractivity contribution in [1.82, 2.24) is 14.9 Å². The molecule has 3 heterocycles. The SMILES string of the molecule is Cc1ncc2c(n1)N(CC1CCN(CC(=O)O)CC1)CCC2Nc1cccc(Oc2cccc(Cl)c2)c1. The van der Waals surface area contributed by atoms with E-state index in [1.807, 2.05) is 60.5 Å². The Morgan fingerprint density at radius 1 is 1.11 bits per heavy atom. The van der Waals surface area contributed by atoms with Gasteiger partial charge in [0.15, 0.2) is 0 Å². The van der Waals surface area contributed by atoms with Crippen LogP contribution < -0.4 is 15.0 Å². The minimum atomic E-state index is -0.754. The molecule has 194 valence electrons. The Balaban J connectivity index is 1.26. The van der Waals surface area contributed by atoms with Crippen molar-refractivity contribution in [2.75, 3.05) is 42.9 Å². The summed E-state index contributed by atoms with van der Waals surface area (Å²) in [6, 6.07) is 15.4. The summed E-state index contributed by atoms with van der Waals surface area (Å²) in [5.41, 5.74) is 2.07. The Labute approximate surface area is 222 Å². The zero-order chi connectivity index (χ0) is 25.8. The quantitative estimate of drug-likeness (QED) is 0.407. The van der Waals surface area contributed by atoms with Gasteiger partial charge in [0, 0.05) is 41.6 Å². The number of piperidine rings is 1. The fraction of sp³-hybridized carbons (Fsp3) is 0.393. The lowest BCUT2D eigenvalue weighted by molar-refractivity contribution is -0.138. The predicted octanol–water partition coefficient (Wildman–Crippen LogP) is 5.39. The van der Waals surface area contributed by atoms with Crippen molar-refractivity contribution in [2.24, 2.45) is 5.92 Å². The first-order valence-corrected chi connectivity index (χ1v) is 13.1. The maximum atomic E-state index is 11.0. The van der Waals surface area contributed by atoms with Crippen LogP contribution in [0, 0.1) is 12.8 Å². The molecule has 1 aromatic heterocycles. The number of likely N-dealkylation sites (tertiary alicyclic amines) is 1. The molecule has 1 saturated heterocycles. The molecule has 0 aliphatic carbocycles. The minimum absolute atomic E-state index is 0.0886. The summed E-state index contributed by atoms with van der Waals surface area (Å²) < 4.78 is 6.01. The third-order valence-corrected chi connectivity index (χ3v) is 7.27. The van der Waals surface area contributed by atoms with Crippen molar-refractivity contribution in [3.63, 3.8) is 0 Å². The third-order valence-electron chi connectivity index (χ3n) is 7.03. The second-order valence-electron chi connectivity index (χ2n) is 9.83. The van der Waals surface area contributed by atoms with E-state index in [4.69, 9.17) is 26.4 Å². The van der Waals surface area contributed by atoms with Crippen LogP contribution in [0.25, 0.3) is 0 Å². The first kappa shape index (κ1) is 25.3. The van der Waals surface area contributed by atoms with Crippen molar-refractivity contribution in [1.29, 1.82) is 0 Å². The van der Waals surface area contributed by atoms with Crippen molar-refractivity contribution >= 4 is 29.1 Å². The smallest absolute Gasteiger partial charge is 0.317 e. The van der Waals surface area contributed by atoms with E-state index in [-0.39, 0.29) is 12.6 Å². The van der Waals surface area contributed by atoms with Gasteiger partial charge in [0.1, 0.15) is 23.1 Å². The van der Waals surface area contributed by atoms with E-state index in [0.29, 0.717) is 16.7 Å². The molecular weight excluding hydrogens is 490 g/mol. The van der Waals surface area contributed by atoms with E-state index in [2.05, 4.69) is 15.2 Å². The van der Waals surface area contributed by atoms with Crippen LogP contribution in [0.4, 0.5) is 11.5 Å². The number of rotatable bonds is 8. The molecule has 0 amide bonds. The van der Waals surface area contributed by atoms with Crippen molar-refractivity contribution in [3.05, 3.63) is 71.1 Å². The number of aryl methyl sites for hydroxylation is 1. The van der Waals surface area contributed by atoms with Gasteiger partial charge in [-0.25, -0.2) is 9.97 Å². The summed E-state index contributed by atoms with van der Waals surface area (Å²) in [4.78, 5) is 24.8. The molecular formula is C28H32ClN5O3. The van der Waals surface area contributed by atoms with Crippen LogP contribution in [-0.4, -0.2) is 58.7 Å². The van der Waals surface area contributed by atoms with Crippen LogP contribution >= 0.6 is 11.6 Å². The van der Waals surface area contributed by atoms with E-state index in [1.54, 1.807) is 6.07 Å². The number of hydrogen-bond acceptors (Lipinski definition) is 7. The Hall–Kier alpha value is -3.36. The summed E-state index contributed by atoms with van der Waals surface area (Å²) >= 11 is 6.10. The van der Waals surface area contributed by atoms with Crippen molar-refractivity contribution in [3.8, 4) is 11.5 Å². The number of carboxylic acid groups (broad SMARTS) is 1. The number of nitrogens with zero attached hydrogens (tertiary/aromatic N) is 4. The molecule has 0 saturated carbocycles. The fourth-order valence-corrected chi connectivity index (χ4v) is 5.37. The van der Waals surface area contributed by atoms with E-state index < -0.39 is 5.97 Å². The van der Waals surface area contributed by atoms with Gasteiger partial charge in [-0.2, -0.15) is 0 Å². The third kappa shape index (κ3) is 6.50. The van der Waals surface area contributed by atoms with Gasteiger partial charge >= 0.3 is 5.97 Å². The highest BCUT2D eigenvalue weighted by atomic mass is 35.5. The van der Waals surface area contributed by atoms with Crippen LogP contribution in [0.3, 0.4) is 0 Å². The number of nitrogens with one attached hydrogen (secondary N) is 1. The highest BCUT2D eigenvalue weighted by molar-refractivity contribution is 6.30. The largest absolute Gasteiger partial charge is 0.480 e. The van der Waals surface area contributed by atoms with Crippen LogP contribution in [-0.2, 0) is 4.79 Å². The molecule has 2 N–H and O–H groups in total. The number of carboxylic acids is 1. The molecule has 1 atom stereocenters. The molecule has 3 aromatic rings. The second kappa shape index (κ2) is 11.4. The number of anilines is 2. The Morgan fingerprint density at radius 3 is 2.62 bits per heavy atom. The molecule has 2 aromatic carbocycles. The van der Waals surface area contributed by atoms with Crippen LogP contribution in [0.5, 0.6) is 11.5 Å². The van der Waals surface area contributed by atoms with E-state index in [1.165, 1.54) is 0 Å². The van der Waals surface area contributed by atoms with Crippen LogP contribution in [0.1, 0.15) is 36.7 Å². The molecule has 5 rings (SSSR count). The first-order chi connectivity index (χ1) is 17.9. The Bertz CT molecular complexity index is 1250. The topological polar surface area (TPSA) is 90.8 Å². The highest BCUT2D eigenvalue weighted by Crippen LogP contribution is 2.36. The standard InChI is InChI=1S/C28H32ClN5O3/c1-19-30-16-25-26(32-22-5-3-7-24(15-22)37-23-6-2-4-21(29)14-23)10-13-34(28(25)31-19)17-20-8-11-33(12-9-20)18-27(35)36/h2-7,14-16,20,26,32H,8-13,17-18H2,1H3,(H,35,36). The van der Waals surface area contributed by atoms with Gasteiger partial charge in [-0.05, 0) is 75.5 Å². The van der Waals surface area contributed by atoms with Crippen molar-refractivity contribution < 1.29 is 14.6 Å². The maximum Gasteiger partial charge on any atom is 0.317 e. The summed E-state index contributed by atoms with van der Waals surface area (Å²) in [6.45, 7) is 5.55. The Kier molecular flexibility index (Phi) is 7.76. The number of benzene rings is 2. The summed E-state index contributed by atoms with van der Waals surface area (Å²) in [6.07, 6.45) is 4.88. The monoisotopic (exact) mass is 521 g/mol. The minimum Gasteiger partial charge on any atom is -0.480 e. The summed E-state index contributed by atoms with van der Waals surface area (Å²) in [5.74, 6) is 2.96. The van der Waals surface area contributed by atoms with Gasteiger partial charge in [0.05, 0.1) is 12.6 Å². The number of ether oxygens (including phenoxy) is 1. The lowest BCUT2D eigenvalue weighted by atomic mass is 9.94. The average molecular weight is 522 g/mol. The molecule has 8 nitrogen and oxygen atoms in total. The summed E-state index contributed by atoms with van der Waals surface area (Å²) in [7, 11) is 0. The number of halogens is 1. The summed E-state index contributed by atoms with van der Waals surface area (Å²) in [5, 5.41) is 13.4.